The van der Waals surface area contributed by atoms with Gasteiger partial charge < -0.3 is 10.4 Å². The summed E-state index contributed by atoms with van der Waals surface area (Å²) in [6, 6.07) is 7.28. The molecule has 0 saturated heterocycles. The number of aromatic carboxylic acids is 1. The number of carboxylic acids is 1. The summed E-state index contributed by atoms with van der Waals surface area (Å²) in [7, 11) is 0. The van der Waals surface area contributed by atoms with E-state index in [1.54, 1.807) is 12.1 Å². The van der Waals surface area contributed by atoms with Gasteiger partial charge in [-0.1, -0.05) is 45.2 Å². The lowest BCUT2D eigenvalue weighted by Crippen LogP contribution is -2.04. The van der Waals surface area contributed by atoms with Gasteiger partial charge in [-0.05, 0) is 29.8 Å². The fourth-order valence-corrected chi connectivity index (χ4v) is 3.09. The predicted octanol–water partition coefficient (Wildman–Crippen LogP) is 5.21. The van der Waals surface area contributed by atoms with E-state index in [4.69, 9.17) is 28.3 Å². The summed E-state index contributed by atoms with van der Waals surface area (Å²) in [6.45, 7) is 0.262. The highest BCUT2D eigenvalue weighted by atomic mass is 79.9. The minimum atomic E-state index is -1.30. The van der Waals surface area contributed by atoms with Gasteiger partial charge in [-0.25, -0.2) is 9.18 Å². The molecule has 7 heteroatoms. The van der Waals surface area contributed by atoms with Gasteiger partial charge in [-0.15, -0.1) is 0 Å². The fourth-order valence-electron chi connectivity index (χ4n) is 1.74. The third-order valence-corrected chi connectivity index (χ3v) is 3.79. The molecule has 2 aromatic rings. The topological polar surface area (TPSA) is 49.3 Å². The maximum atomic E-state index is 13.6. The first kappa shape index (κ1) is 16.1. The molecule has 0 amide bonds. The minimum absolute atomic E-state index is 0.262. The van der Waals surface area contributed by atoms with Crippen LogP contribution in [0.25, 0.3) is 0 Å². The largest absolute Gasteiger partial charge is 0.478 e. The molecule has 0 unspecified atom stereocenters. The van der Waals surface area contributed by atoms with Crippen LogP contribution in [0.15, 0.2) is 34.8 Å². The number of carboxylic acid groups (broad SMARTS) is 1. The SMILES string of the molecule is O=C(O)c1ccc(CNc2c(Cl)cc(Br)cc2Cl)cc1F. The smallest absolute Gasteiger partial charge is 0.338 e. The van der Waals surface area contributed by atoms with Crippen LogP contribution in [0.4, 0.5) is 10.1 Å². The normalized spacial score (nSPS) is 10.5. The van der Waals surface area contributed by atoms with Crippen LogP contribution in [0, 0.1) is 5.82 Å². The molecule has 0 radical (unpaired) electrons. The number of benzene rings is 2. The van der Waals surface area contributed by atoms with Gasteiger partial charge in [0.25, 0.3) is 0 Å². The Balaban J connectivity index is 2.17. The van der Waals surface area contributed by atoms with Crippen molar-refractivity contribution in [1.82, 2.24) is 0 Å². The van der Waals surface area contributed by atoms with Crippen LogP contribution >= 0.6 is 39.1 Å². The van der Waals surface area contributed by atoms with E-state index in [9.17, 15) is 9.18 Å². The highest BCUT2D eigenvalue weighted by molar-refractivity contribution is 9.10. The van der Waals surface area contributed by atoms with Gasteiger partial charge in [0.15, 0.2) is 0 Å². The van der Waals surface area contributed by atoms with Crippen molar-refractivity contribution < 1.29 is 14.3 Å². The average Bonchev–Trinajstić information content (AvgIpc) is 2.36. The number of hydrogen-bond donors (Lipinski definition) is 2. The summed E-state index contributed by atoms with van der Waals surface area (Å²) in [4.78, 5) is 10.7. The van der Waals surface area contributed by atoms with Crippen LogP contribution in [0.2, 0.25) is 10.0 Å². The van der Waals surface area contributed by atoms with E-state index in [1.807, 2.05) is 0 Å². The van der Waals surface area contributed by atoms with Gasteiger partial charge in [0.1, 0.15) is 5.82 Å². The van der Waals surface area contributed by atoms with Crippen molar-refractivity contribution in [3.63, 3.8) is 0 Å². The van der Waals surface area contributed by atoms with Crippen LogP contribution in [0.3, 0.4) is 0 Å². The van der Waals surface area contributed by atoms with Gasteiger partial charge in [-0.3, -0.25) is 0 Å². The molecule has 0 spiro atoms. The Morgan fingerprint density at radius 3 is 2.38 bits per heavy atom. The molecule has 3 nitrogen and oxygen atoms in total. The fraction of sp³-hybridized carbons (Fsp3) is 0.0714. The van der Waals surface area contributed by atoms with Gasteiger partial charge in [-0.2, -0.15) is 0 Å². The van der Waals surface area contributed by atoms with Gasteiger partial charge >= 0.3 is 5.97 Å². The predicted molar refractivity (Wildman–Crippen MR) is 84.8 cm³/mol. The standard InChI is InChI=1S/C14H9BrCl2FNO2/c15-8-4-10(16)13(11(17)5-8)19-6-7-1-2-9(14(20)21)12(18)3-7/h1-5,19H,6H2,(H,20,21). The molecule has 2 rings (SSSR count). The molecule has 0 aliphatic heterocycles. The third kappa shape index (κ3) is 3.87. The zero-order chi connectivity index (χ0) is 15.6. The Morgan fingerprint density at radius 1 is 1.24 bits per heavy atom. The second kappa shape index (κ2) is 6.64. The summed E-state index contributed by atoms with van der Waals surface area (Å²) < 4.78 is 14.3. The lowest BCUT2D eigenvalue weighted by molar-refractivity contribution is 0.0692. The van der Waals surface area contributed by atoms with E-state index >= 15 is 0 Å². The molecule has 0 aliphatic rings. The Kier molecular flexibility index (Phi) is 5.08. The first-order valence-corrected chi connectivity index (χ1v) is 7.33. The van der Waals surface area contributed by atoms with E-state index in [0.717, 1.165) is 10.5 Å². The maximum Gasteiger partial charge on any atom is 0.338 e. The highest BCUT2D eigenvalue weighted by Crippen LogP contribution is 2.34. The average molecular weight is 393 g/mol. The van der Waals surface area contributed by atoms with Crippen LogP contribution in [-0.2, 0) is 6.54 Å². The number of nitrogens with one attached hydrogen (secondary N) is 1. The molecule has 110 valence electrons. The third-order valence-electron chi connectivity index (χ3n) is 2.74. The first-order chi connectivity index (χ1) is 9.88. The van der Waals surface area contributed by atoms with Crippen molar-refractivity contribution in [2.75, 3.05) is 5.32 Å². The zero-order valence-electron chi connectivity index (χ0n) is 10.5. The highest BCUT2D eigenvalue weighted by Gasteiger charge is 2.11. The minimum Gasteiger partial charge on any atom is -0.478 e. The summed E-state index contributed by atoms with van der Waals surface area (Å²) in [5.41, 5.74) is 0.746. The monoisotopic (exact) mass is 391 g/mol. The summed E-state index contributed by atoms with van der Waals surface area (Å²) in [5, 5.41) is 12.6. The van der Waals surface area contributed by atoms with Crippen molar-refractivity contribution in [1.29, 1.82) is 0 Å². The Hall–Kier alpha value is -1.30. The molecular formula is C14H9BrCl2FNO2. The Bertz CT molecular complexity index is 686. The zero-order valence-corrected chi connectivity index (χ0v) is 13.6. The molecule has 0 atom stereocenters. The maximum absolute atomic E-state index is 13.6. The first-order valence-electron chi connectivity index (χ1n) is 5.78. The molecule has 0 fully saturated rings. The van der Waals surface area contributed by atoms with Crippen molar-refractivity contribution in [3.8, 4) is 0 Å². The quantitative estimate of drug-likeness (QED) is 0.751. The molecule has 0 bridgehead atoms. The lowest BCUT2D eigenvalue weighted by atomic mass is 10.1. The Morgan fingerprint density at radius 2 is 1.86 bits per heavy atom. The van der Waals surface area contributed by atoms with Gasteiger partial charge in [0, 0.05) is 11.0 Å². The number of halogens is 4. The van der Waals surface area contributed by atoms with Crippen molar-refractivity contribution in [3.05, 3.63) is 61.8 Å². The molecule has 2 aromatic carbocycles. The molecular weight excluding hydrogens is 384 g/mol. The molecule has 0 aromatic heterocycles. The van der Waals surface area contributed by atoms with Crippen LogP contribution in [-0.4, -0.2) is 11.1 Å². The van der Waals surface area contributed by atoms with Crippen molar-refractivity contribution in [2.45, 2.75) is 6.54 Å². The second-order valence-corrected chi connectivity index (χ2v) is 5.95. The molecule has 21 heavy (non-hydrogen) atoms. The number of anilines is 1. The summed E-state index contributed by atoms with van der Waals surface area (Å²) in [6.07, 6.45) is 0. The van der Waals surface area contributed by atoms with Gasteiger partial charge in [0.2, 0.25) is 0 Å². The molecule has 0 heterocycles. The van der Waals surface area contributed by atoms with E-state index in [2.05, 4.69) is 21.2 Å². The van der Waals surface area contributed by atoms with E-state index in [-0.39, 0.29) is 12.1 Å². The number of carbonyl (C=O) groups is 1. The van der Waals surface area contributed by atoms with Crippen molar-refractivity contribution >= 4 is 50.8 Å². The Labute approximate surface area is 138 Å². The molecule has 2 N–H and O–H groups in total. The van der Waals surface area contributed by atoms with Crippen LogP contribution in [0.1, 0.15) is 15.9 Å². The van der Waals surface area contributed by atoms with E-state index in [1.165, 1.54) is 12.1 Å². The van der Waals surface area contributed by atoms with Crippen LogP contribution < -0.4 is 5.32 Å². The van der Waals surface area contributed by atoms with E-state index in [0.29, 0.717) is 21.3 Å². The summed E-state index contributed by atoms with van der Waals surface area (Å²) >= 11 is 15.4. The molecule has 0 aliphatic carbocycles. The van der Waals surface area contributed by atoms with E-state index < -0.39 is 11.8 Å². The summed E-state index contributed by atoms with van der Waals surface area (Å²) in [5.74, 6) is -2.08. The van der Waals surface area contributed by atoms with Gasteiger partial charge in [0.05, 0.1) is 21.3 Å². The number of hydrogen-bond acceptors (Lipinski definition) is 2. The number of rotatable bonds is 4. The van der Waals surface area contributed by atoms with Crippen molar-refractivity contribution in [2.24, 2.45) is 0 Å². The molecule has 0 saturated carbocycles. The lowest BCUT2D eigenvalue weighted by Gasteiger charge is -2.11. The second-order valence-electron chi connectivity index (χ2n) is 4.22. The van der Waals surface area contributed by atoms with Crippen LogP contribution in [0.5, 0.6) is 0 Å².